The fraction of sp³-hybridized carbons (Fsp3) is 0.462. The first-order chi connectivity index (χ1) is 7.66. The molecule has 3 heteroatoms. The first-order valence-corrected chi connectivity index (χ1v) is 6.43. The molecule has 0 heterocycles. The Labute approximate surface area is 103 Å². The largest absolute Gasteiger partial charge is 0.299 e. The summed E-state index contributed by atoms with van der Waals surface area (Å²) in [5.74, 6) is 0.500. The number of rotatable bonds is 5. The summed E-state index contributed by atoms with van der Waals surface area (Å²) in [4.78, 5) is 11.4. The summed E-state index contributed by atoms with van der Waals surface area (Å²) < 4.78 is 14.2. The monoisotopic (exact) mass is 284 g/mol. The quantitative estimate of drug-likeness (QED) is 0.802. The van der Waals surface area contributed by atoms with E-state index in [-0.39, 0.29) is 5.82 Å². The van der Waals surface area contributed by atoms with E-state index < -0.39 is 0 Å². The molecule has 1 saturated carbocycles. The molecule has 0 unspecified atom stereocenters. The highest BCUT2D eigenvalue weighted by Crippen LogP contribution is 2.31. The molecule has 0 atom stereocenters. The van der Waals surface area contributed by atoms with Crippen molar-refractivity contribution in [3.63, 3.8) is 0 Å². The summed E-state index contributed by atoms with van der Waals surface area (Å²) in [7, 11) is 0. The minimum Gasteiger partial charge on any atom is -0.299 e. The molecule has 0 saturated heterocycles. The molecule has 86 valence electrons. The highest BCUT2D eigenvalue weighted by molar-refractivity contribution is 9.10. The zero-order valence-corrected chi connectivity index (χ0v) is 10.6. The number of carbonyl (C=O) groups excluding carboxylic acids is 1. The third kappa shape index (κ3) is 3.14. The summed E-state index contributed by atoms with van der Waals surface area (Å²) >= 11 is 3.22. The van der Waals surface area contributed by atoms with Gasteiger partial charge in [0, 0.05) is 16.8 Å². The van der Waals surface area contributed by atoms with Crippen LogP contribution in [0.1, 0.15) is 31.2 Å². The summed E-state index contributed by atoms with van der Waals surface area (Å²) in [5, 5.41) is 0. The van der Waals surface area contributed by atoms with E-state index in [1.807, 2.05) is 6.07 Å². The molecular formula is C13H14BrFO. The van der Waals surface area contributed by atoms with Crippen LogP contribution in [0.2, 0.25) is 0 Å². The van der Waals surface area contributed by atoms with Crippen LogP contribution >= 0.6 is 15.9 Å². The van der Waals surface area contributed by atoms with E-state index in [1.165, 1.54) is 6.07 Å². The van der Waals surface area contributed by atoms with Crippen LogP contribution in [0, 0.1) is 11.7 Å². The summed E-state index contributed by atoms with van der Waals surface area (Å²) in [6.45, 7) is 0. The Balaban J connectivity index is 1.82. The van der Waals surface area contributed by atoms with E-state index in [9.17, 15) is 9.18 Å². The average Bonchev–Trinajstić information content (AvgIpc) is 3.04. The molecule has 1 aromatic rings. The number of aryl methyl sites for hydroxylation is 1. The number of benzene rings is 1. The Morgan fingerprint density at radius 3 is 2.81 bits per heavy atom. The first kappa shape index (κ1) is 11.8. The Hall–Kier alpha value is -0.700. The van der Waals surface area contributed by atoms with Crippen LogP contribution in [0.4, 0.5) is 4.39 Å². The van der Waals surface area contributed by atoms with Gasteiger partial charge in [0.15, 0.2) is 0 Å². The van der Waals surface area contributed by atoms with E-state index in [0.717, 1.165) is 23.7 Å². The Kier molecular flexibility index (Phi) is 3.74. The highest BCUT2D eigenvalue weighted by atomic mass is 79.9. The van der Waals surface area contributed by atoms with Crippen molar-refractivity contribution in [1.82, 2.24) is 0 Å². The molecular weight excluding hydrogens is 271 g/mol. The van der Waals surface area contributed by atoms with Crippen molar-refractivity contribution in [2.24, 2.45) is 5.92 Å². The van der Waals surface area contributed by atoms with E-state index >= 15 is 0 Å². The fourth-order valence-corrected chi connectivity index (χ4v) is 2.12. The predicted octanol–water partition coefficient (Wildman–Crippen LogP) is 3.89. The predicted molar refractivity (Wildman–Crippen MR) is 64.8 cm³/mol. The average molecular weight is 285 g/mol. The number of hydrogen-bond donors (Lipinski definition) is 0. The maximum absolute atomic E-state index is 13.4. The molecule has 0 aliphatic heterocycles. The van der Waals surface area contributed by atoms with Crippen molar-refractivity contribution < 1.29 is 9.18 Å². The van der Waals surface area contributed by atoms with Crippen LogP contribution < -0.4 is 0 Å². The second kappa shape index (κ2) is 5.09. The van der Waals surface area contributed by atoms with Gasteiger partial charge in [0.25, 0.3) is 0 Å². The van der Waals surface area contributed by atoms with Crippen LogP contribution in [-0.4, -0.2) is 5.78 Å². The van der Waals surface area contributed by atoms with E-state index in [2.05, 4.69) is 15.9 Å². The van der Waals surface area contributed by atoms with Gasteiger partial charge in [0.05, 0.1) is 0 Å². The molecule has 0 N–H and O–H groups in total. The molecule has 16 heavy (non-hydrogen) atoms. The highest BCUT2D eigenvalue weighted by Gasteiger charge is 2.28. The maximum Gasteiger partial charge on any atom is 0.135 e. The molecule has 0 bridgehead atoms. The molecule has 1 aliphatic rings. The van der Waals surface area contributed by atoms with Crippen molar-refractivity contribution in [2.75, 3.05) is 0 Å². The lowest BCUT2D eigenvalue weighted by molar-refractivity contribution is -0.120. The molecule has 1 aromatic carbocycles. The molecule has 1 fully saturated rings. The van der Waals surface area contributed by atoms with Gasteiger partial charge in [-0.2, -0.15) is 0 Å². The minimum atomic E-state index is -0.187. The molecule has 0 amide bonds. The lowest BCUT2D eigenvalue weighted by atomic mass is 10.0. The standard InChI is InChI=1S/C13H14BrFO/c14-11-7-6-9(12(15)8-11)2-1-3-13(16)10-4-5-10/h6-8,10H,1-5H2. The van der Waals surface area contributed by atoms with Gasteiger partial charge < -0.3 is 0 Å². The van der Waals surface area contributed by atoms with Crippen LogP contribution in [-0.2, 0) is 11.2 Å². The van der Waals surface area contributed by atoms with Crippen LogP contribution in [0.3, 0.4) is 0 Å². The molecule has 0 aromatic heterocycles. The number of halogens is 2. The van der Waals surface area contributed by atoms with Crippen molar-refractivity contribution >= 4 is 21.7 Å². The molecule has 2 rings (SSSR count). The zero-order valence-electron chi connectivity index (χ0n) is 9.01. The number of hydrogen-bond acceptors (Lipinski definition) is 1. The molecule has 0 radical (unpaired) electrons. The lowest BCUT2D eigenvalue weighted by Gasteiger charge is -2.03. The van der Waals surface area contributed by atoms with Gasteiger partial charge in [0.1, 0.15) is 11.6 Å². The topological polar surface area (TPSA) is 17.1 Å². The third-order valence-corrected chi connectivity index (χ3v) is 3.41. The van der Waals surface area contributed by atoms with Gasteiger partial charge in [-0.05, 0) is 43.4 Å². The fourth-order valence-electron chi connectivity index (χ4n) is 1.79. The Bertz CT molecular complexity index is 399. The maximum atomic E-state index is 13.4. The Morgan fingerprint density at radius 2 is 2.19 bits per heavy atom. The molecule has 1 nitrogen and oxygen atoms in total. The molecule has 1 aliphatic carbocycles. The van der Waals surface area contributed by atoms with Crippen LogP contribution in [0.5, 0.6) is 0 Å². The van der Waals surface area contributed by atoms with Gasteiger partial charge in [-0.1, -0.05) is 22.0 Å². The summed E-state index contributed by atoms with van der Waals surface area (Å²) in [5.41, 5.74) is 0.701. The van der Waals surface area contributed by atoms with E-state index in [1.54, 1.807) is 6.07 Å². The minimum absolute atomic E-state index is 0.187. The zero-order chi connectivity index (χ0) is 11.5. The van der Waals surface area contributed by atoms with Crippen molar-refractivity contribution in [3.8, 4) is 0 Å². The van der Waals surface area contributed by atoms with Crippen molar-refractivity contribution in [2.45, 2.75) is 32.1 Å². The number of Topliss-reactive ketones (excluding diaryl/α,β-unsaturated/α-hetero) is 1. The van der Waals surface area contributed by atoms with Crippen LogP contribution in [0.25, 0.3) is 0 Å². The van der Waals surface area contributed by atoms with Gasteiger partial charge in [-0.3, -0.25) is 4.79 Å². The van der Waals surface area contributed by atoms with Gasteiger partial charge in [-0.25, -0.2) is 4.39 Å². The van der Waals surface area contributed by atoms with Crippen molar-refractivity contribution in [3.05, 3.63) is 34.1 Å². The van der Waals surface area contributed by atoms with Crippen molar-refractivity contribution in [1.29, 1.82) is 0 Å². The first-order valence-electron chi connectivity index (χ1n) is 5.63. The Morgan fingerprint density at radius 1 is 1.44 bits per heavy atom. The van der Waals surface area contributed by atoms with E-state index in [0.29, 0.717) is 30.1 Å². The molecule has 0 spiro atoms. The smallest absolute Gasteiger partial charge is 0.135 e. The summed E-state index contributed by atoms with van der Waals surface area (Å²) in [6, 6.07) is 5.08. The second-order valence-corrected chi connectivity index (χ2v) is 5.25. The van der Waals surface area contributed by atoms with Crippen LogP contribution in [0.15, 0.2) is 22.7 Å². The summed E-state index contributed by atoms with van der Waals surface area (Å²) in [6.07, 6.45) is 4.13. The van der Waals surface area contributed by atoms with Gasteiger partial charge >= 0.3 is 0 Å². The van der Waals surface area contributed by atoms with Gasteiger partial charge in [-0.15, -0.1) is 0 Å². The normalized spacial score (nSPS) is 15.1. The third-order valence-electron chi connectivity index (χ3n) is 2.92. The van der Waals surface area contributed by atoms with E-state index in [4.69, 9.17) is 0 Å². The number of ketones is 1. The lowest BCUT2D eigenvalue weighted by Crippen LogP contribution is -2.01. The van der Waals surface area contributed by atoms with Gasteiger partial charge in [0.2, 0.25) is 0 Å². The second-order valence-electron chi connectivity index (χ2n) is 4.33. The number of carbonyl (C=O) groups is 1. The SMILES string of the molecule is O=C(CCCc1ccc(Br)cc1F)C1CC1.